The van der Waals surface area contributed by atoms with Gasteiger partial charge < -0.3 is 9.72 Å². The summed E-state index contributed by atoms with van der Waals surface area (Å²) in [4.78, 5) is 24.4. The third-order valence-corrected chi connectivity index (χ3v) is 5.24. The number of nitrogens with zero attached hydrogens (tertiary/aromatic N) is 3. The van der Waals surface area contributed by atoms with E-state index in [1.165, 1.54) is 0 Å². The Hall–Kier alpha value is -2.41. The molecule has 0 radical (unpaired) electrons. The number of aromatic amines is 1. The Labute approximate surface area is 168 Å². The number of nitrogens with one attached hydrogen (secondary N) is 1. The van der Waals surface area contributed by atoms with Crippen molar-refractivity contribution in [3.63, 3.8) is 0 Å². The SMILES string of the molecule is O=c1[nH]c(CN2CCN(CCOc3ccc(Cl)cc3)CC2)nc2ccccc12. The summed E-state index contributed by atoms with van der Waals surface area (Å²) in [7, 11) is 0. The highest BCUT2D eigenvalue weighted by atomic mass is 35.5. The molecule has 0 saturated carbocycles. The largest absolute Gasteiger partial charge is 0.492 e. The van der Waals surface area contributed by atoms with Crippen molar-refractivity contribution in [2.45, 2.75) is 6.54 Å². The van der Waals surface area contributed by atoms with Crippen molar-refractivity contribution in [2.24, 2.45) is 0 Å². The van der Waals surface area contributed by atoms with Crippen LogP contribution in [-0.4, -0.2) is 59.1 Å². The molecule has 4 rings (SSSR count). The Bertz CT molecular complexity index is 982. The van der Waals surface area contributed by atoms with Gasteiger partial charge in [0.1, 0.15) is 18.2 Å². The molecule has 1 fully saturated rings. The molecule has 1 aliphatic heterocycles. The van der Waals surface area contributed by atoms with Crippen molar-refractivity contribution in [2.75, 3.05) is 39.3 Å². The molecule has 0 amide bonds. The monoisotopic (exact) mass is 398 g/mol. The molecule has 0 aliphatic carbocycles. The van der Waals surface area contributed by atoms with Crippen molar-refractivity contribution in [1.82, 2.24) is 19.8 Å². The molecule has 1 saturated heterocycles. The average molecular weight is 399 g/mol. The number of halogens is 1. The summed E-state index contributed by atoms with van der Waals surface area (Å²) in [6, 6.07) is 14.9. The molecule has 28 heavy (non-hydrogen) atoms. The van der Waals surface area contributed by atoms with E-state index in [1.54, 1.807) is 6.07 Å². The minimum absolute atomic E-state index is 0.0708. The summed E-state index contributed by atoms with van der Waals surface area (Å²) in [6.07, 6.45) is 0. The normalized spacial score (nSPS) is 15.8. The standard InChI is InChI=1S/C21H23ClN4O2/c22-16-5-7-17(8-6-16)28-14-13-25-9-11-26(12-10-25)15-20-23-19-4-2-1-3-18(19)21(27)24-20/h1-8H,9-15H2,(H,23,24,27). The Morgan fingerprint density at radius 3 is 2.50 bits per heavy atom. The molecule has 3 aromatic rings. The Morgan fingerprint density at radius 2 is 1.71 bits per heavy atom. The lowest BCUT2D eigenvalue weighted by atomic mass is 10.2. The van der Waals surface area contributed by atoms with Crippen LogP contribution in [0.25, 0.3) is 10.9 Å². The van der Waals surface area contributed by atoms with E-state index >= 15 is 0 Å². The molecule has 0 spiro atoms. The van der Waals surface area contributed by atoms with Gasteiger partial charge in [-0.25, -0.2) is 4.98 Å². The minimum Gasteiger partial charge on any atom is -0.492 e. The first-order valence-corrected chi connectivity index (χ1v) is 9.86. The lowest BCUT2D eigenvalue weighted by Crippen LogP contribution is -2.47. The van der Waals surface area contributed by atoms with Gasteiger partial charge in [-0.15, -0.1) is 0 Å². The van der Waals surface area contributed by atoms with Crippen LogP contribution >= 0.6 is 11.6 Å². The first kappa shape index (κ1) is 18.9. The predicted molar refractivity (Wildman–Crippen MR) is 111 cm³/mol. The number of hydrogen-bond acceptors (Lipinski definition) is 5. The zero-order valence-electron chi connectivity index (χ0n) is 15.6. The highest BCUT2D eigenvalue weighted by Gasteiger charge is 2.18. The van der Waals surface area contributed by atoms with E-state index in [0.717, 1.165) is 49.8 Å². The van der Waals surface area contributed by atoms with Crippen LogP contribution in [0.3, 0.4) is 0 Å². The molecule has 1 aromatic heterocycles. The zero-order chi connectivity index (χ0) is 19.3. The summed E-state index contributed by atoms with van der Waals surface area (Å²) in [6.45, 7) is 6.04. The Morgan fingerprint density at radius 1 is 1.00 bits per heavy atom. The first-order valence-electron chi connectivity index (χ1n) is 9.48. The summed E-state index contributed by atoms with van der Waals surface area (Å²) in [5.41, 5.74) is 0.679. The summed E-state index contributed by atoms with van der Waals surface area (Å²) < 4.78 is 5.78. The van der Waals surface area contributed by atoms with Crippen LogP contribution < -0.4 is 10.3 Å². The number of ether oxygens (including phenoxy) is 1. The number of H-pyrrole nitrogens is 1. The molecule has 2 aromatic carbocycles. The van der Waals surface area contributed by atoms with Gasteiger partial charge in [-0.3, -0.25) is 14.6 Å². The lowest BCUT2D eigenvalue weighted by molar-refractivity contribution is 0.111. The molecular formula is C21H23ClN4O2. The second kappa shape index (κ2) is 8.73. The molecule has 1 aliphatic rings. The third kappa shape index (κ3) is 4.70. The van der Waals surface area contributed by atoms with Gasteiger partial charge in [0, 0.05) is 37.7 Å². The van der Waals surface area contributed by atoms with Gasteiger partial charge in [0.2, 0.25) is 0 Å². The number of hydrogen-bond donors (Lipinski definition) is 1. The number of rotatable bonds is 6. The second-order valence-corrected chi connectivity index (χ2v) is 7.39. The maximum Gasteiger partial charge on any atom is 0.258 e. The van der Waals surface area contributed by atoms with Gasteiger partial charge in [-0.2, -0.15) is 0 Å². The molecule has 0 unspecified atom stereocenters. The van der Waals surface area contributed by atoms with Crippen LogP contribution in [0.1, 0.15) is 5.82 Å². The molecule has 2 heterocycles. The molecule has 0 bridgehead atoms. The van der Waals surface area contributed by atoms with Gasteiger partial charge in [0.15, 0.2) is 0 Å². The Kier molecular flexibility index (Phi) is 5.90. The zero-order valence-corrected chi connectivity index (χ0v) is 16.4. The maximum atomic E-state index is 12.2. The number of para-hydroxylation sites is 1. The van der Waals surface area contributed by atoms with Crippen LogP contribution in [0.5, 0.6) is 5.75 Å². The number of benzene rings is 2. The summed E-state index contributed by atoms with van der Waals surface area (Å²) in [5.74, 6) is 1.57. The van der Waals surface area contributed by atoms with E-state index in [-0.39, 0.29) is 5.56 Å². The fraction of sp³-hybridized carbons (Fsp3) is 0.333. The molecule has 146 valence electrons. The van der Waals surface area contributed by atoms with E-state index in [4.69, 9.17) is 16.3 Å². The predicted octanol–water partition coefficient (Wildman–Crippen LogP) is 2.77. The maximum absolute atomic E-state index is 12.2. The van der Waals surface area contributed by atoms with Crippen LogP contribution in [0.15, 0.2) is 53.3 Å². The van der Waals surface area contributed by atoms with E-state index in [0.29, 0.717) is 23.6 Å². The Balaban J connectivity index is 1.25. The third-order valence-electron chi connectivity index (χ3n) is 4.99. The molecule has 7 heteroatoms. The second-order valence-electron chi connectivity index (χ2n) is 6.95. The summed E-state index contributed by atoms with van der Waals surface area (Å²) in [5, 5.41) is 1.35. The molecular weight excluding hydrogens is 376 g/mol. The number of fused-ring (bicyclic) bond motifs is 1. The highest BCUT2D eigenvalue weighted by molar-refractivity contribution is 6.30. The van der Waals surface area contributed by atoms with Gasteiger partial charge in [0.05, 0.1) is 17.4 Å². The topological polar surface area (TPSA) is 61.5 Å². The highest BCUT2D eigenvalue weighted by Crippen LogP contribution is 2.15. The fourth-order valence-electron chi connectivity index (χ4n) is 3.42. The summed E-state index contributed by atoms with van der Waals surface area (Å²) >= 11 is 5.88. The van der Waals surface area contributed by atoms with Gasteiger partial charge in [0.25, 0.3) is 5.56 Å². The smallest absolute Gasteiger partial charge is 0.258 e. The number of piperazine rings is 1. The van der Waals surface area contributed by atoms with Crippen molar-refractivity contribution in [1.29, 1.82) is 0 Å². The van der Waals surface area contributed by atoms with E-state index < -0.39 is 0 Å². The van der Waals surface area contributed by atoms with Gasteiger partial charge in [-0.05, 0) is 36.4 Å². The van der Waals surface area contributed by atoms with Gasteiger partial charge >= 0.3 is 0 Å². The number of aromatic nitrogens is 2. The lowest BCUT2D eigenvalue weighted by Gasteiger charge is -2.34. The average Bonchev–Trinajstić information content (AvgIpc) is 2.71. The molecule has 1 N–H and O–H groups in total. The van der Waals surface area contributed by atoms with Crippen LogP contribution in [0.4, 0.5) is 0 Å². The van der Waals surface area contributed by atoms with Crippen LogP contribution in [-0.2, 0) is 6.54 Å². The van der Waals surface area contributed by atoms with Crippen molar-refractivity contribution in [3.8, 4) is 5.75 Å². The van der Waals surface area contributed by atoms with E-state index in [2.05, 4.69) is 19.8 Å². The minimum atomic E-state index is -0.0708. The van der Waals surface area contributed by atoms with Crippen molar-refractivity contribution in [3.05, 3.63) is 69.7 Å². The first-order chi connectivity index (χ1) is 13.7. The van der Waals surface area contributed by atoms with Crippen LogP contribution in [0, 0.1) is 0 Å². The van der Waals surface area contributed by atoms with Gasteiger partial charge in [-0.1, -0.05) is 23.7 Å². The fourth-order valence-corrected chi connectivity index (χ4v) is 3.54. The van der Waals surface area contributed by atoms with Crippen molar-refractivity contribution < 1.29 is 4.74 Å². The molecule has 0 atom stereocenters. The molecule has 6 nitrogen and oxygen atoms in total. The quantitative estimate of drug-likeness (QED) is 0.691. The van der Waals surface area contributed by atoms with E-state index in [1.807, 2.05) is 42.5 Å². The van der Waals surface area contributed by atoms with Crippen LogP contribution in [0.2, 0.25) is 5.02 Å². The van der Waals surface area contributed by atoms with E-state index in [9.17, 15) is 4.79 Å². The van der Waals surface area contributed by atoms with Crippen molar-refractivity contribution >= 4 is 22.5 Å².